The van der Waals surface area contributed by atoms with E-state index in [0.717, 1.165) is 11.3 Å². The highest BCUT2D eigenvalue weighted by Crippen LogP contribution is 2.38. The third-order valence-electron chi connectivity index (χ3n) is 4.35. The molecule has 1 aliphatic heterocycles. The molecule has 0 saturated carbocycles. The Morgan fingerprint density at radius 2 is 1.93 bits per heavy atom. The predicted octanol–water partition coefficient (Wildman–Crippen LogP) is 4.73. The van der Waals surface area contributed by atoms with E-state index in [-0.39, 0.29) is 11.8 Å². The van der Waals surface area contributed by atoms with Gasteiger partial charge in [0.15, 0.2) is 11.5 Å². The first-order chi connectivity index (χ1) is 13.4. The molecule has 1 heterocycles. The summed E-state index contributed by atoms with van der Waals surface area (Å²) in [5.41, 5.74) is 1.40. The minimum absolute atomic E-state index is 0.0320. The second kappa shape index (κ2) is 8.48. The summed E-state index contributed by atoms with van der Waals surface area (Å²) in [6, 6.07) is 11.9. The number of carbonyl (C=O) groups is 2. The molecular weight excluding hydrogens is 424 g/mol. The monoisotopic (exact) mass is 444 g/mol. The van der Waals surface area contributed by atoms with Crippen molar-refractivity contribution in [1.82, 2.24) is 5.32 Å². The van der Waals surface area contributed by atoms with Crippen LogP contribution in [0.4, 0.5) is 10.5 Å². The molecule has 0 unspecified atom stereocenters. The fourth-order valence-electron chi connectivity index (χ4n) is 2.74. The fourth-order valence-corrected chi connectivity index (χ4v) is 3.29. The third-order valence-corrected chi connectivity index (χ3v) is 4.94. The number of para-hydroxylation sites is 1. The van der Waals surface area contributed by atoms with Gasteiger partial charge >= 0.3 is 6.03 Å². The lowest BCUT2D eigenvalue weighted by molar-refractivity contribution is -0.113. The zero-order chi connectivity index (χ0) is 20.3. The van der Waals surface area contributed by atoms with Crippen molar-refractivity contribution in [1.29, 1.82) is 0 Å². The summed E-state index contributed by atoms with van der Waals surface area (Å²) in [4.78, 5) is 26.1. The van der Waals surface area contributed by atoms with Gasteiger partial charge in [0.05, 0.1) is 23.4 Å². The first-order valence-corrected chi connectivity index (χ1v) is 9.70. The van der Waals surface area contributed by atoms with Gasteiger partial charge < -0.3 is 14.8 Å². The molecule has 1 atom stereocenters. The van der Waals surface area contributed by atoms with E-state index >= 15 is 0 Å². The van der Waals surface area contributed by atoms with Crippen molar-refractivity contribution >= 4 is 39.6 Å². The molecule has 3 rings (SSSR count). The van der Waals surface area contributed by atoms with E-state index in [4.69, 9.17) is 9.47 Å². The van der Waals surface area contributed by atoms with E-state index in [1.165, 1.54) is 0 Å². The number of hydrogen-bond acceptors (Lipinski definition) is 4. The average molecular weight is 445 g/mol. The first kappa shape index (κ1) is 19.9. The van der Waals surface area contributed by atoms with E-state index in [2.05, 4.69) is 21.2 Å². The lowest BCUT2D eigenvalue weighted by Gasteiger charge is -2.17. The van der Waals surface area contributed by atoms with Crippen LogP contribution in [-0.4, -0.2) is 25.2 Å². The molecule has 0 bridgehead atoms. The van der Waals surface area contributed by atoms with Crippen LogP contribution < -0.4 is 19.7 Å². The Balaban J connectivity index is 1.92. The number of anilines is 1. The molecule has 1 fully saturated rings. The number of nitrogens with one attached hydrogen (secondary N) is 1. The average Bonchev–Trinajstić information content (AvgIpc) is 2.97. The minimum Gasteiger partial charge on any atom is -0.493 e. The summed E-state index contributed by atoms with van der Waals surface area (Å²) in [7, 11) is 1.56. The molecule has 6 nitrogen and oxygen atoms in total. The van der Waals surface area contributed by atoms with Crippen molar-refractivity contribution in [2.24, 2.45) is 0 Å². The molecule has 1 saturated heterocycles. The maximum atomic E-state index is 12.7. The number of rotatable bonds is 6. The molecule has 3 amide bonds. The van der Waals surface area contributed by atoms with E-state index in [1.807, 2.05) is 26.0 Å². The number of carbonyl (C=O) groups excluding carboxylic acids is 2. The van der Waals surface area contributed by atoms with Crippen LogP contribution in [0.25, 0.3) is 6.08 Å². The number of ether oxygens (including phenoxy) is 2. The van der Waals surface area contributed by atoms with Gasteiger partial charge in [-0.05, 0) is 65.2 Å². The fraction of sp³-hybridized carbons (Fsp3) is 0.238. The number of methoxy groups -OCH3 is 1. The first-order valence-electron chi connectivity index (χ1n) is 8.91. The molecule has 146 valence electrons. The van der Waals surface area contributed by atoms with E-state index in [0.29, 0.717) is 27.2 Å². The van der Waals surface area contributed by atoms with Gasteiger partial charge in [-0.3, -0.25) is 4.79 Å². The highest BCUT2D eigenvalue weighted by atomic mass is 79.9. The van der Waals surface area contributed by atoms with Crippen molar-refractivity contribution in [3.05, 3.63) is 58.2 Å². The Hall–Kier alpha value is -2.80. The van der Waals surface area contributed by atoms with Crippen LogP contribution in [0.15, 0.2) is 52.6 Å². The van der Waals surface area contributed by atoms with Crippen molar-refractivity contribution < 1.29 is 19.1 Å². The van der Waals surface area contributed by atoms with E-state index in [9.17, 15) is 9.59 Å². The molecular formula is C21H21BrN2O4. The number of urea groups is 1. The molecule has 28 heavy (non-hydrogen) atoms. The maximum absolute atomic E-state index is 12.7. The number of halogens is 1. The smallest absolute Gasteiger partial charge is 0.333 e. The standard InChI is InChI=1S/C21H21BrN2O4/c1-4-13(2)28-19-16(22)10-14(12-18(19)27-3)11-17-20(25)24(21(26)23-17)15-8-6-5-7-9-15/h5-13H,4H2,1-3H3,(H,23,26)/b17-11+/t13-/m1/s1. The SMILES string of the molecule is CC[C@@H](C)Oc1c(Br)cc(/C=C2/NC(=O)N(c3ccccc3)C2=O)cc1OC. The second-order valence-corrected chi connectivity index (χ2v) is 7.19. The summed E-state index contributed by atoms with van der Waals surface area (Å²) in [5, 5.41) is 2.62. The van der Waals surface area contributed by atoms with Crippen LogP contribution in [0.1, 0.15) is 25.8 Å². The number of amides is 3. The van der Waals surface area contributed by atoms with Crippen LogP contribution >= 0.6 is 15.9 Å². The van der Waals surface area contributed by atoms with Gasteiger partial charge in [0.1, 0.15) is 5.70 Å². The molecule has 0 aromatic heterocycles. The normalized spacial score (nSPS) is 16.3. The van der Waals surface area contributed by atoms with E-state index in [1.54, 1.807) is 43.5 Å². The van der Waals surface area contributed by atoms with E-state index < -0.39 is 11.9 Å². The van der Waals surface area contributed by atoms with Crippen LogP contribution in [0, 0.1) is 0 Å². The molecule has 2 aromatic rings. The summed E-state index contributed by atoms with van der Waals surface area (Å²) in [6.45, 7) is 4.02. The lowest BCUT2D eigenvalue weighted by Crippen LogP contribution is -2.30. The Kier molecular flexibility index (Phi) is 6.04. The van der Waals surface area contributed by atoms with Gasteiger partial charge in [-0.25, -0.2) is 9.69 Å². The lowest BCUT2D eigenvalue weighted by atomic mass is 10.1. The maximum Gasteiger partial charge on any atom is 0.333 e. The van der Waals surface area contributed by atoms with Crippen LogP contribution in [0.5, 0.6) is 11.5 Å². The molecule has 0 radical (unpaired) electrons. The van der Waals surface area contributed by atoms with Gasteiger partial charge in [0, 0.05) is 0 Å². The van der Waals surface area contributed by atoms with Gasteiger partial charge in [-0.2, -0.15) is 0 Å². The second-order valence-electron chi connectivity index (χ2n) is 6.34. The molecule has 2 aromatic carbocycles. The Labute approximate surface area is 172 Å². The third kappa shape index (κ3) is 4.04. The molecule has 7 heteroatoms. The Morgan fingerprint density at radius 1 is 1.21 bits per heavy atom. The quantitative estimate of drug-likeness (QED) is 0.516. The van der Waals surface area contributed by atoms with Gasteiger partial charge in [0.25, 0.3) is 5.91 Å². The van der Waals surface area contributed by atoms with Crippen LogP contribution in [0.3, 0.4) is 0 Å². The molecule has 0 spiro atoms. The van der Waals surface area contributed by atoms with Crippen LogP contribution in [-0.2, 0) is 4.79 Å². The minimum atomic E-state index is -0.481. The number of benzene rings is 2. The highest BCUT2D eigenvalue weighted by Gasteiger charge is 2.34. The largest absolute Gasteiger partial charge is 0.493 e. The van der Waals surface area contributed by atoms with Gasteiger partial charge in [-0.15, -0.1) is 0 Å². The van der Waals surface area contributed by atoms with Gasteiger partial charge in [0.2, 0.25) is 0 Å². The van der Waals surface area contributed by atoms with Crippen molar-refractivity contribution in [2.75, 3.05) is 12.0 Å². The Morgan fingerprint density at radius 3 is 2.57 bits per heavy atom. The molecule has 1 N–H and O–H groups in total. The number of hydrogen-bond donors (Lipinski definition) is 1. The van der Waals surface area contributed by atoms with Crippen molar-refractivity contribution in [3.8, 4) is 11.5 Å². The van der Waals surface area contributed by atoms with Crippen LogP contribution in [0.2, 0.25) is 0 Å². The predicted molar refractivity (Wildman–Crippen MR) is 112 cm³/mol. The summed E-state index contributed by atoms with van der Waals surface area (Å²) in [6.07, 6.45) is 2.50. The summed E-state index contributed by atoms with van der Waals surface area (Å²) >= 11 is 3.50. The van der Waals surface area contributed by atoms with Crippen molar-refractivity contribution in [2.45, 2.75) is 26.4 Å². The zero-order valence-electron chi connectivity index (χ0n) is 15.9. The Bertz CT molecular complexity index is 928. The topological polar surface area (TPSA) is 67.9 Å². The molecule has 0 aliphatic carbocycles. The number of nitrogens with zero attached hydrogens (tertiary/aromatic N) is 1. The number of imide groups is 1. The molecule has 1 aliphatic rings. The zero-order valence-corrected chi connectivity index (χ0v) is 17.4. The highest BCUT2D eigenvalue weighted by molar-refractivity contribution is 9.10. The summed E-state index contributed by atoms with van der Waals surface area (Å²) in [5.74, 6) is 0.733. The van der Waals surface area contributed by atoms with Gasteiger partial charge in [-0.1, -0.05) is 25.1 Å². The summed E-state index contributed by atoms with van der Waals surface area (Å²) < 4.78 is 12.1. The van der Waals surface area contributed by atoms with Crippen molar-refractivity contribution in [3.63, 3.8) is 0 Å².